The molecule has 18 heteroatoms. The first-order valence-electron chi connectivity index (χ1n) is 20.8. The van der Waals surface area contributed by atoms with Crippen LogP contribution < -0.4 is 25.8 Å². The van der Waals surface area contributed by atoms with Crippen LogP contribution in [-0.4, -0.2) is 127 Å². The summed E-state index contributed by atoms with van der Waals surface area (Å²) in [4.78, 5) is 79.9. The van der Waals surface area contributed by atoms with E-state index in [1.165, 1.54) is 0 Å². The number of rotatable bonds is 4. The fourth-order valence-electron chi connectivity index (χ4n) is 6.34. The number of ether oxygens (including phenoxy) is 4. The highest BCUT2D eigenvalue weighted by atomic mass is 16.6. The van der Waals surface area contributed by atoms with E-state index in [0.717, 1.165) is 16.9 Å². The molecule has 3 N–H and O–H groups in total. The fraction of sp³-hybridized carbons (Fsp3) is 0.568. The van der Waals surface area contributed by atoms with Gasteiger partial charge in [0.15, 0.2) is 0 Å². The average Bonchev–Trinajstić information content (AvgIpc) is 3.11. The first-order chi connectivity index (χ1) is 28.6. The van der Waals surface area contributed by atoms with Crippen LogP contribution in [0.3, 0.4) is 0 Å². The largest absolute Gasteiger partial charge is 0.444 e. The van der Waals surface area contributed by atoms with E-state index < -0.39 is 46.8 Å². The Bertz CT molecular complexity index is 1990. The highest BCUT2D eigenvalue weighted by molar-refractivity contribution is 6.04. The van der Waals surface area contributed by atoms with Gasteiger partial charge in [-0.2, -0.15) is 0 Å². The summed E-state index contributed by atoms with van der Waals surface area (Å²) in [7, 11) is 0. The van der Waals surface area contributed by atoms with E-state index in [1.807, 2.05) is 42.2 Å². The van der Waals surface area contributed by atoms with Gasteiger partial charge in [0.1, 0.15) is 22.4 Å². The zero-order valence-electron chi connectivity index (χ0n) is 38.6. The van der Waals surface area contributed by atoms with Crippen molar-refractivity contribution in [1.82, 2.24) is 20.4 Å². The van der Waals surface area contributed by atoms with Gasteiger partial charge in [-0.05, 0) is 138 Å². The molecule has 62 heavy (non-hydrogen) atoms. The van der Waals surface area contributed by atoms with Gasteiger partial charge in [-0.3, -0.25) is 15.4 Å². The summed E-state index contributed by atoms with van der Waals surface area (Å²) in [5.74, 6) is -0.145. The number of carbonyl (C=O) groups is 5. The van der Waals surface area contributed by atoms with Crippen LogP contribution >= 0.6 is 0 Å². The van der Waals surface area contributed by atoms with E-state index in [9.17, 15) is 24.0 Å². The van der Waals surface area contributed by atoms with E-state index in [-0.39, 0.29) is 17.8 Å². The molecule has 0 spiro atoms. The highest BCUT2D eigenvalue weighted by Crippen LogP contribution is 2.26. The van der Waals surface area contributed by atoms with Gasteiger partial charge in [0.05, 0.1) is 0 Å². The van der Waals surface area contributed by atoms with Crippen LogP contribution in [0, 0.1) is 6.92 Å². The summed E-state index contributed by atoms with van der Waals surface area (Å²) in [6, 6.07) is 13.1. The molecule has 2 aromatic rings. The second-order valence-electron chi connectivity index (χ2n) is 19.0. The van der Waals surface area contributed by atoms with Crippen molar-refractivity contribution in [3.63, 3.8) is 0 Å². The van der Waals surface area contributed by atoms with Gasteiger partial charge in [0, 0.05) is 75.0 Å². The Kier molecular flexibility index (Phi) is 15.5. The summed E-state index contributed by atoms with van der Waals surface area (Å²) in [5.41, 5.74) is 0.985. The Morgan fingerprint density at radius 1 is 0.532 bits per heavy atom. The van der Waals surface area contributed by atoms with E-state index in [0.29, 0.717) is 63.6 Å². The summed E-state index contributed by atoms with van der Waals surface area (Å²) in [6.45, 7) is 26.9. The molecule has 340 valence electrons. The molecule has 18 nitrogen and oxygen atoms in total. The molecule has 0 unspecified atom stereocenters. The minimum absolute atomic E-state index is 0.0522. The number of hydrogen-bond acceptors (Lipinski definition) is 11. The predicted octanol–water partition coefficient (Wildman–Crippen LogP) is 7.12. The van der Waals surface area contributed by atoms with Crippen molar-refractivity contribution in [3.05, 3.63) is 53.6 Å². The minimum atomic E-state index is -0.823. The maximum Gasteiger partial charge on any atom is 0.437 e. The number of alkyl carbamates (subject to hydrolysis) is 2. The molecule has 0 saturated carbocycles. The van der Waals surface area contributed by atoms with E-state index in [1.54, 1.807) is 100 Å². The van der Waals surface area contributed by atoms with E-state index in [4.69, 9.17) is 18.9 Å². The third kappa shape index (κ3) is 16.1. The molecule has 0 aromatic heterocycles. The maximum atomic E-state index is 13.3. The minimum Gasteiger partial charge on any atom is -0.444 e. The van der Waals surface area contributed by atoms with Gasteiger partial charge >= 0.3 is 24.4 Å². The van der Waals surface area contributed by atoms with Gasteiger partial charge in [0.2, 0.25) is 11.9 Å². The number of guanidine groups is 2. The van der Waals surface area contributed by atoms with Crippen LogP contribution in [0.1, 0.15) is 99.0 Å². The van der Waals surface area contributed by atoms with Crippen molar-refractivity contribution in [2.24, 2.45) is 9.98 Å². The molecule has 2 aliphatic rings. The number of carbonyl (C=O) groups excluding carboxylic acids is 5. The van der Waals surface area contributed by atoms with Crippen LogP contribution in [0.15, 0.2) is 52.4 Å². The molecular formula is C44H65N9O9. The molecule has 0 radical (unpaired) electrons. The lowest BCUT2D eigenvalue weighted by Crippen LogP contribution is -2.54. The van der Waals surface area contributed by atoms with E-state index in [2.05, 4.69) is 35.7 Å². The quantitative estimate of drug-likeness (QED) is 0.160. The Balaban J connectivity index is 1.35. The molecule has 0 atom stereocenters. The normalized spacial score (nSPS) is 15.7. The number of aryl methyl sites for hydroxylation is 1. The zero-order valence-corrected chi connectivity index (χ0v) is 38.6. The first kappa shape index (κ1) is 48.6. The molecular weight excluding hydrogens is 799 g/mol. The lowest BCUT2D eigenvalue weighted by molar-refractivity contribution is 0.0535. The lowest BCUT2D eigenvalue weighted by Gasteiger charge is -2.38. The number of nitrogens with zero attached hydrogens (tertiary/aromatic N) is 6. The van der Waals surface area contributed by atoms with Crippen molar-refractivity contribution in [1.29, 1.82) is 0 Å². The van der Waals surface area contributed by atoms with Crippen molar-refractivity contribution >= 4 is 59.3 Å². The lowest BCUT2D eigenvalue weighted by atomic mass is 10.1. The monoisotopic (exact) mass is 863 g/mol. The average molecular weight is 864 g/mol. The molecule has 4 rings (SSSR count). The Morgan fingerprint density at radius 2 is 0.935 bits per heavy atom. The third-order valence-corrected chi connectivity index (χ3v) is 8.86. The summed E-state index contributed by atoms with van der Waals surface area (Å²) in [5, 5.41) is 8.25. The number of piperazine rings is 2. The number of benzene rings is 2. The summed E-state index contributed by atoms with van der Waals surface area (Å²) >= 11 is 0. The van der Waals surface area contributed by atoms with Gasteiger partial charge < -0.3 is 43.9 Å². The van der Waals surface area contributed by atoms with Gasteiger partial charge in [-0.1, -0.05) is 0 Å². The maximum absolute atomic E-state index is 13.3. The van der Waals surface area contributed by atoms with Crippen LogP contribution in [-0.2, 0) is 18.9 Å². The van der Waals surface area contributed by atoms with Crippen LogP contribution in [0.5, 0.6) is 0 Å². The van der Waals surface area contributed by atoms with Crippen LogP contribution in [0.25, 0.3) is 0 Å². The molecule has 2 fully saturated rings. The van der Waals surface area contributed by atoms with Crippen molar-refractivity contribution in [2.75, 3.05) is 67.5 Å². The number of amides is 5. The Labute approximate surface area is 365 Å². The molecule has 2 saturated heterocycles. The molecule has 2 aliphatic heterocycles. The fourth-order valence-corrected chi connectivity index (χ4v) is 6.34. The Hall–Kier alpha value is -6.07. The summed E-state index contributed by atoms with van der Waals surface area (Å²) < 4.78 is 21.6. The Morgan fingerprint density at radius 3 is 1.32 bits per heavy atom. The molecule has 2 aromatic carbocycles. The molecule has 2 heterocycles. The van der Waals surface area contributed by atoms with Crippen molar-refractivity contribution < 1.29 is 42.9 Å². The first-order valence-corrected chi connectivity index (χ1v) is 20.8. The molecule has 0 bridgehead atoms. The number of hydrogen-bond donors (Lipinski definition) is 3. The smallest absolute Gasteiger partial charge is 0.437 e. The SMILES string of the molecule is Cc1cc(NC(=O)c2ccc(N3CCN(/C(=N/C(=O)OC(C)(C)C)NC(=O)OC(C)(C)C)CC3)cc2)ccc1N1CCN(/C(=N/C(=O)OC(C)(C)C)NC(=O)OC(C)(C)C)CC1. The van der Waals surface area contributed by atoms with Crippen molar-refractivity contribution in [3.8, 4) is 0 Å². The predicted molar refractivity (Wildman–Crippen MR) is 239 cm³/mol. The zero-order chi connectivity index (χ0) is 46.2. The second-order valence-corrected chi connectivity index (χ2v) is 19.0. The van der Waals surface area contributed by atoms with Gasteiger partial charge in [-0.25, -0.2) is 19.2 Å². The van der Waals surface area contributed by atoms with Crippen molar-refractivity contribution in [2.45, 2.75) is 112 Å². The van der Waals surface area contributed by atoms with Gasteiger partial charge in [0.25, 0.3) is 5.91 Å². The molecule has 5 amide bonds. The number of aliphatic imine (C=N–C) groups is 2. The third-order valence-electron chi connectivity index (χ3n) is 8.86. The second kappa shape index (κ2) is 19.8. The van der Waals surface area contributed by atoms with Crippen LogP contribution in [0.2, 0.25) is 0 Å². The standard InChI is InChI=1S/C44H65N9O9/c1-29-28-31(16-19-33(29)51-22-26-53(27-23-51)36(48-39(57)61-43(8,9)10)49-40(58)62-44(11,12)13)45-34(54)30-14-17-32(18-15-30)50-20-24-52(25-21-50)35(46-37(55)59-41(2,3)4)47-38(56)60-42(5,6)7/h14-19,28H,20-27H2,1-13H3,(H,45,54)(H,46,47,55,56)(H,48,49,57,58). The number of anilines is 3. The van der Waals surface area contributed by atoms with E-state index >= 15 is 0 Å². The number of nitrogens with one attached hydrogen (secondary N) is 3. The highest BCUT2D eigenvalue weighted by Gasteiger charge is 2.29. The van der Waals surface area contributed by atoms with Crippen LogP contribution in [0.4, 0.5) is 36.2 Å². The summed E-state index contributed by atoms with van der Waals surface area (Å²) in [6.07, 6.45) is -3.10. The topological polar surface area (TPSA) is 196 Å². The molecule has 0 aliphatic carbocycles. The van der Waals surface area contributed by atoms with Gasteiger partial charge in [-0.15, -0.1) is 9.98 Å².